The van der Waals surface area contributed by atoms with E-state index in [1.54, 1.807) is 18.2 Å². The molecule has 7 heteroatoms. The number of para-hydroxylation sites is 1. The van der Waals surface area contributed by atoms with E-state index in [2.05, 4.69) is 0 Å². The first-order valence-corrected chi connectivity index (χ1v) is 7.83. The number of anilines is 1. The van der Waals surface area contributed by atoms with E-state index in [4.69, 9.17) is 10.5 Å². The Morgan fingerprint density at radius 3 is 2.75 bits per heavy atom. The minimum Gasteiger partial charge on any atom is -0.469 e. The fraction of sp³-hybridized carbons (Fsp3) is 0.462. The molecule has 2 rings (SSSR count). The van der Waals surface area contributed by atoms with E-state index in [0.717, 1.165) is 0 Å². The van der Waals surface area contributed by atoms with Gasteiger partial charge in [0, 0.05) is 13.1 Å². The van der Waals surface area contributed by atoms with Gasteiger partial charge >= 0.3 is 5.97 Å². The topological polar surface area (TPSA) is 89.7 Å². The van der Waals surface area contributed by atoms with Gasteiger partial charge in [0.25, 0.3) is 0 Å². The van der Waals surface area contributed by atoms with E-state index in [1.807, 2.05) is 0 Å². The summed E-state index contributed by atoms with van der Waals surface area (Å²) >= 11 is 0. The number of nitrogens with zero attached hydrogens (tertiary/aromatic N) is 1. The van der Waals surface area contributed by atoms with Gasteiger partial charge in [-0.05, 0) is 25.0 Å². The Balaban J connectivity index is 2.26. The van der Waals surface area contributed by atoms with E-state index >= 15 is 0 Å². The van der Waals surface area contributed by atoms with E-state index in [-0.39, 0.29) is 23.1 Å². The van der Waals surface area contributed by atoms with Crippen LogP contribution in [0.3, 0.4) is 0 Å². The Labute approximate surface area is 118 Å². The molecule has 0 aliphatic carbocycles. The summed E-state index contributed by atoms with van der Waals surface area (Å²) in [6, 6.07) is 6.34. The number of esters is 1. The lowest BCUT2D eigenvalue weighted by Gasteiger charge is -2.30. The number of carbonyl (C=O) groups is 1. The molecule has 1 fully saturated rings. The standard InChI is InChI=1S/C13H18N2O4S/c1-19-13(16)10-5-4-8-15(9-10)20(17,18)12-7-3-2-6-11(12)14/h2-3,6-7,10H,4-5,8-9,14H2,1H3. The monoisotopic (exact) mass is 298 g/mol. The SMILES string of the molecule is COC(=O)C1CCCN(S(=O)(=O)c2ccccc2N)C1. The van der Waals surface area contributed by atoms with Crippen molar-refractivity contribution in [3.63, 3.8) is 0 Å². The van der Waals surface area contributed by atoms with Crippen molar-refractivity contribution in [3.8, 4) is 0 Å². The summed E-state index contributed by atoms with van der Waals surface area (Å²) in [5.41, 5.74) is 5.95. The molecule has 0 spiro atoms. The van der Waals surface area contributed by atoms with Crippen LogP contribution in [-0.4, -0.2) is 38.9 Å². The van der Waals surface area contributed by atoms with Gasteiger partial charge in [-0.1, -0.05) is 12.1 Å². The van der Waals surface area contributed by atoms with E-state index < -0.39 is 15.9 Å². The molecule has 1 unspecified atom stereocenters. The Bertz CT molecular complexity index is 600. The van der Waals surface area contributed by atoms with Gasteiger partial charge in [-0.3, -0.25) is 4.79 Å². The van der Waals surface area contributed by atoms with Crippen molar-refractivity contribution in [1.29, 1.82) is 0 Å². The second-order valence-corrected chi connectivity index (χ2v) is 6.67. The number of carbonyl (C=O) groups excluding carboxylic acids is 1. The molecular formula is C13H18N2O4S. The summed E-state index contributed by atoms with van der Waals surface area (Å²) in [5, 5.41) is 0. The number of ether oxygens (including phenoxy) is 1. The lowest BCUT2D eigenvalue weighted by molar-refractivity contribution is -0.146. The Morgan fingerprint density at radius 1 is 1.40 bits per heavy atom. The first-order valence-electron chi connectivity index (χ1n) is 6.39. The average molecular weight is 298 g/mol. The molecule has 0 saturated carbocycles. The summed E-state index contributed by atoms with van der Waals surface area (Å²) in [7, 11) is -2.36. The van der Waals surface area contributed by atoms with E-state index in [9.17, 15) is 13.2 Å². The zero-order chi connectivity index (χ0) is 14.8. The summed E-state index contributed by atoms with van der Waals surface area (Å²) in [6.07, 6.45) is 1.27. The number of hydrogen-bond donors (Lipinski definition) is 1. The van der Waals surface area contributed by atoms with Crippen LogP contribution in [0, 0.1) is 5.92 Å². The molecule has 1 aromatic carbocycles. The van der Waals surface area contributed by atoms with Crippen LogP contribution >= 0.6 is 0 Å². The first kappa shape index (κ1) is 14.8. The third-order valence-electron chi connectivity index (χ3n) is 3.46. The van der Waals surface area contributed by atoms with Crippen molar-refractivity contribution in [1.82, 2.24) is 4.31 Å². The fourth-order valence-corrected chi connectivity index (χ4v) is 4.01. The minimum atomic E-state index is -3.67. The van der Waals surface area contributed by atoms with Crippen LogP contribution in [0.25, 0.3) is 0 Å². The summed E-state index contributed by atoms with van der Waals surface area (Å²) in [5.74, 6) is -0.778. The highest BCUT2D eigenvalue weighted by molar-refractivity contribution is 7.89. The van der Waals surface area contributed by atoms with E-state index in [0.29, 0.717) is 19.4 Å². The van der Waals surface area contributed by atoms with Gasteiger partial charge in [-0.2, -0.15) is 4.31 Å². The van der Waals surface area contributed by atoms with Crippen molar-refractivity contribution in [3.05, 3.63) is 24.3 Å². The van der Waals surface area contributed by atoms with Crippen molar-refractivity contribution >= 4 is 21.7 Å². The fourth-order valence-electron chi connectivity index (χ4n) is 2.37. The molecule has 0 aromatic heterocycles. The molecular weight excluding hydrogens is 280 g/mol. The molecule has 0 amide bonds. The van der Waals surface area contributed by atoms with Gasteiger partial charge in [0.1, 0.15) is 4.90 Å². The maximum atomic E-state index is 12.6. The highest BCUT2D eigenvalue weighted by Gasteiger charge is 2.34. The van der Waals surface area contributed by atoms with Crippen LogP contribution in [0.1, 0.15) is 12.8 Å². The Morgan fingerprint density at radius 2 is 2.10 bits per heavy atom. The van der Waals surface area contributed by atoms with Gasteiger partial charge in [0.2, 0.25) is 10.0 Å². The molecule has 2 N–H and O–H groups in total. The second kappa shape index (κ2) is 5.80. The number of rotatable bonds is 3. The summed E-state index contributed by atoms with van der Waals surface area (Å²) in [4.78, 5) is 11.7. The molecule has 1 aliphatic heterocycles. The van der Waals surface area contributed by atoms with Crippen LogP contribution in [0.4, 0.5) is 5.69 Å². The largest absolute Gasteiger partial charge is 0.469 e. The number of benzene rings is 1. The predicted octanol–water partition coefficient (Wildman–Crippen LogP) is 0.843. The Hall–Kier alpha value is -1.60. The third kappa shape index (κ3) is 2.78. The van der Waals surface area contributed by atoms with Crippen LogP contribution < -0.4 is 5.73 Å². The zero-order valence-corrected chi connectivity index (χ0v) is 12.1. The van der Waals surface area contributed by atoms with Gasteiger partial charge in [-0.15, -0.1) is 0 Å². The molecule has 1 heterocycles. The summed E-state index contributed by atoms with van der Waals surface area (Å²) in [6.45, 7) is 0.535. The minimum absolute atomic E-state index is 0.0884. The number of nitrogen functional groups attached to an aromatic ring is 1. The first-order chi connectivity index (χ1) is 9.46. The zero-order valence-electron chi connectivity index (χ0n) is 11.3. The number of methoxy groups -OCH3 is 1. The van der Waals surface area contributed by atoms with Gasteiger partial charge in [0.15, 0.2) is 0 Å². The number of nitrogens with two attached hydrogens (primary N) is 1. The van der Waals surface area contributed by atoms with Gasteiger partial charge in [-0.25, -0.2) is 8.42 Å². The van der Waals surface area contributed by atoms with Crippen molar-refractivity contribution in [2.75, 3.05) is 25.9 Å². The molecule has 1 aliphatic rings. The molecule has 1 atom stereocenters. The van der Waals surface area contributed by atoms with E-state index in [1.165, 1.54) is 17.5 Å². The van der Waals surface area contributed by atoms with Crippen molar-refractivity contribution < 1.29 is 17.9 Å². The molecule has 1 aromatic rings. The molecule has 6 nitrogen and oxygen atoms in total. The smallest absolute Gasteiger partial charge is 0.309 e. The number of piperidine rings is 1. The molecule has 0 bridgehead atoms. The second-order valence-electron chi connectivity index (χ2n) is 4.76. The lowest BCUT2D eigenvalue weighted by atomic mass is 10.0. The average Bonchev–Trinajstić information content (AvgIpc) is 2.47. The lowest BCUT2D eigenvalue weighted by Crippen LogP contribution is -2.42. The van der Waals surface area contributed by atoms with Crippen LogP contribution in [-0.2, 0) is 19.6 Å². The predicted molar refractivity (Wildman–Crippen MR) is 74.4 cm³/mol. The highest BCUT2D eigenvalue weighted by Crippen LogP contribution is 2.27. The molecule has 0 radical (unpaired) electrons. The third-order valence-corrected chi connectivity index (χ3v) is 5.39. The van der Waals surface area contributed by atoms with Crippen LogP contribution in [0.5, 0.6) is 0 Å². The Kier molecular flexibility index (Phi) is 4.29. The number of hydrogen-bond acceptors (Lipinski definition) is 5. The normalized spacial score (nSPS) is 20.6. The molecule has 1 saturated heterocycles. The summed E-state index contributed by atoms with van der Waals surface area (Å²) < 4.78 is 31.1. The van der Waals surface area contributed by atoms with Crippen molar-refractivity contribution in [2.24, 2.45) is 5.92 Å². The number of sulfonamides is 1. The van der Waals surface area contributed by atoms with Gasteiger partial charge < -0.3 is 10.5 Å². The highest BCUT2D eigenvalue weighted by atomic mass is 32.2. The quantitative estimate of drug-likeness (QED) is 0.660. The van der Waals surface area contributed by atoms with Crippen LogP contribution in [0.15, 0.2) is 29.2 Å². The molecule has 20 heavy (non-hydrogen) atoms. The molecule has 110 valence electrons. The van der Waals surface area contributed by atoms with Gasteiger partial charge in [0.05, 0.1) is 18.7 Å². The maximum Gasteiger partial charge on any atom is 0.309 e. The van der Waals surface area contributed by atoms with Crippen molar-refractivity contribution in [2.45, 2.75) is 17.7 Å². The van der Waals surface area contributed by atoms with Crippen LogP contribution in [0.2, 0.25) is 0 Å². The maximum absolute atomic E-state index is 12.6.